The number of rotatable bonds is 6. The molecule has 6 heteroatoms. The molecule has 2 aromatic rings. The second-order valence-electron chi connectivity index (χ2n) is 4.70. The first-order valence-electron chi connectivity index (χ1n) is 6.58. The molecule has 0 aliphatic carbocycles. The van der Waals surface area contributed by atoms with Gasteiger partial charge in [-0.2, -0.15) is 0 Å². The second-order valence-corrected chi connectivity index (χ2v) is 6.27. The summed E-state index contributed by atoms with van der Waals surface area (Å²) in [5.41, 5.74) is 7.05. The summed E-state index contributed by atoms with van der Waals surface area (Å²) in [5, 5.41) is 1.11. The average Bonchev–Trinajstić information content (AvgIpc) is 2.48. The van der Waals surface area contributed by atoms with Gasteiger partial charge in [0.15, 0.2) is 0 Å². The molecule has 0 saturated heterocycles. The van der Waals surface area contributed by atoms with Gasteiger partial charge in [0.2, 0.25) is 5.91 Å². The minimum atomic E-state index is -3.59. The summed E-state index contributed by atoms with van der Waals surface area (Å²) in [6.07, 6.45) is 1.64. The number of amides is 1. The predicted molar refractivity (Wildman–Crippen MR) is 87.4 cm³/mol. The molecule has 5 nitrogen and oxygen atoms in total. The number of primary amides is 1. The van der Waals surface area contributed by atoms with Crippen LogP contribution in [0.5, 0.6) is 0 Å². The van der Waals surface area contributed by atoms with E-state index < -0.39 is 15.9 Å². The monoisotopic (exact) mass is 316 g/mol. The molecule has 114 valence electrons. The van der Waals surface area contributed by atoms with Gasteiger partial charge in [0.05, 0.1) is 11.8 Å². The number of nitrogens with two attached hydrogens (primary N) is 1. The Morgan fingerprint density at radius 2 is 1.68 bits per heavy atom. The van der Waals surface area contributed by atoms with Crippen molar-refractivity contribution in [2.75, 3.05) is 4.72 Å². The van der Waals surface area contributed by atoms with E-state index in [2.05, 4.69) is 4.72 Å². The molecular formula is C16H16N2O3S. The van der Waals surface area contributed by atoms with E-state index in [9.17, 15) is 13.2 Å². The fourth-order valence-electron chi connectivity index (χ4n) is 1.82. The van der Waals surface area contributed by atoms with E-state index in [4.69, 9.17) is 5.73 Å². The molecule has 0 radical (unpaired) electrons. The van der Waals surface area contributed by atoms with E-state index in [1.54, 1.807) is 24.3 Å². The van der Waals surface area contributed by atoms with Crippen molar-refractivity contribution >= 4 is 27.7 Å². The minimum absolute atomic E-state index is 0.126. The van der Waals surface area contributed by atoms with Crippen LogP contribution in [0.4, 0.5) is 5.69 Å². The molecule has 0 aliphatic heterocycles. The first-order chi connectivity index (χ1) is 10.4. The Bertz CT molecular complexity index is 767. The summed E-state index contributed by atoms with van der Waals surface area (Å²) in [5.74, 6) is -0.431. The largest absolute Gasteiger partial charge is 0.369 e. The molecule has 0 aromatic heterocycles. The summed E-state index contributed by atoms with van der Waals surface area (Å²) in [7, 11) is -3.59. The maximum absolute atomic E-state index is 12.0. The molecule has 0 spiro atoms. The highest BCUT2D eigenvalue weighted by atomic mass is 32.2. The maximum atomic E-state index is 12.0. The topological polar surface area (TPSA) is 89.3 Å². The zero-order valence-electron chi connectivity index (χ0n) is 11.8. The Kier molecular flexibility index (Phi) is 4.95. The number of nitrogens with one attached hydrogen (secondary N) is 1. The van der Waals surface area contributed by atoms with Crippen LogP contribution in [0.2, 0.25) is 0 Å². The van der Waals surface area contributed by atoms with Crippen LogP contribution in [0.25, 0.3) is 6.08 Å². The second kappa shape index (κ2) is 6.91. The molecule has 2 rings (SSSR count). The Balaban J connectivity index is 2.05. The minimum Gasteiger partial charge on any atom is -0.369 e. The van der Waals surface area contributed by atoms with E-state index in [1.165, 1.54) is 6.08 Å². The summed E-state index contributed by atoms with van der Waals surface area (Å²) in [6.45, 7) is 0. The normalized spacial score (nSPS) is 11.5. The Morgan fingerprint density at radius 1 is 1.05 bits per heavy atom. The molecule has 1 amide bonds. The number of hydrogen-bond acceptors (Lipinski definition) is 3. The number of carbonyl (C=O) groups is 1. The Labute approximate surface area is 129 Å². The third kappa shape index (κ3) is 5.06. The molecule has 2 aromatic carbocycles. The molecule has 0 atom stereocenters. The highest BCUT2D eigenvalue weighted by Crippen LogP contribution is 2.13. The van der Waals surface area contributed by atoms with Gasteiger partial charge in [-0.3, -0.25) is 9.52 Å². The van der Waals surface area contributed by atoms with Gasteiger partial charge in [0.25, 0.3) is 10.0 Å². The fourth-order valence-corrected chi connectivity index (χ4v) is 2.69. The van der Waals surface area contributed by atoms with Crippen molar-refractivity contribution < 1.29 is 13.2 Å². The van der Waals surface area contributed by atoms with E-state index in [-0.39, 0.29) is 6.42 Å². The van der Waals surface area contributed by atoms with Gasteiger partial charge in [0.1, 0.15) is 0 Å². The van der Waals surface area contributed by atoms with Gasteiger partial charge in [-0.15, -0.1) is 0 Å². The van der Waals surface area contributed by atoms with Gasteiger partial charge in [-0.05, 0) is 29.3 Å². The van der Waals surface area contributed by atoms with Gasteiger partial charge >= 0.3 is 0 Å². The molecule has 0 aliphatic rings. The number of sulfonamides is 1. The number of carbonyl (C=O) groups excluding carboxylic acids is 1. The van der Waals surface area contributed by atoms with E-state index in [0.29, 0.717) is 5.69 Å². The molecule has 22 heavy (non-hydrogen) atoms. The third-order valence-electron chi connectivity index (χ3n) is 2.83. The summed E-state index contributed by atoms with van der Waals surface area (Å²) >= 11 is 0. The molecule has 0 heterocycles. The third-order valence-corrected chi connectivity index (χ3v) is 3.85. The van der Waals surface area contributed by atoms with Crippen LogP contribution in [-0.4, -0.2) is 14.3 Å². The van der Waals surface area contributed by atoms with Crippen molar-refractivity contribution in [1.82, 2.24) is 0 Å². The zero-order chi connectivity index (χ0) is 16.0. The summed E-state index contributed by atoms with van der Waals surface area (Å²) in [6, 6.07) is 15.6. The maximum Gasteiger partial charge on any atom is 0.255 e. The predicted octanol–water partition coefficient (Wildman–Crippen LogP) is 2.13. The van der Waals surface area contributed by atoms with Crippen molar-refractivity contribution in [3.63, 3.8) is 0 Å². The van der Waals surface area contributed by atoms with E-state index >= 15 is 0 Å². The Hall–Kier alpha value is -2.60. The Morgan fingerprint density at radius 3 is 2.27 bits per heavy atom. The van der Waals surface area contributed by atoms with Crippen LogP contribution >= 0.6 is 0 Å². The first-order valence-corrected chi connectivity index (χ1v) is 8.12. The summed E-state index contributed by atoms with van der Waals surface area (Å²) < 4.78 is 26.4. The van der Waals surface area contributed by atoms with Crippen LogP contribution in [0.15, 0.2) is 60.0 Å². The molecule has 0 bridgehead atoms. The molecule has 0 fully saturated rings. The van der Waals surface area contributed by atoms with Crippen molar-refractivity contribution in [2.24, 2.45) is 5.73 Å². The number of anilines is 1. The first kappa shape index (κ1) is 15.8. The van der Waals surface area contributed by atoms with Crippen molar-refractivity contribution in [2.45, 2.75) is 6.42 Å². The van der Waals surface area contributed by atoms with E-state index in [1.807, 2.05) is 30.3 Å². The quantitative estimate of drug-likeness (QED) is 0.855. The zero-order valence-corrected chi connectivity index (χ0v) is 12.6. The van der Waals surface area contributed by atoms with Crippen LogP contribution < -0.4 is 10.5 Å². The van der Waals surface area contributed by atoms with Crippen molar-refractivity contribution in [3.05, 3.63) is 71.1 Å². The highest BCUT2D eigenvalue weighted by Gasteiger charge is 2.06. The average molecular weight is 316 g/mol. The van der Waals surface area contributed by atoms with Gasteiger partial charge in [0, 0.05) is 5.69 Å². The molecule has 0 saturated carbocycles. The number of hydrogen-bond donors (Lipinski definition) is 2. The molecule has 3 N–H and O–H groups in total. The van der Waals surface area contributed by atoms with E-state index in [0.717, 1.165) is 16.5 Å². The SMILES string of the molecule is NC(=O)Cc1ccc(NS(=O)(=O)/C=C/c2ccccc2)cc1. The van der Waals surface area contributed by atoms with Gasteiger partial charge in [-0.25, -0.2) is 8.42 Å². The molecule has 0 unspecified atom stereocenters. The smallest absolute Gasteiger partial charge is 0.255 e. The van der Waals surface area contributed by atoms with Crippen LogP contribution in [0.1, 0.15) is 11.1 Å². The lowest BCUT2D eigenvalue weighted by Gasteiger charge is -2.05. The van der Waals surface area contributed by atoms with Crippen LogP contribution in [0.3, 0.4) is 0 Å². The van der Waals surface area contributed by atoms with Gasteiger partial charge < -0.3 is 5.73 Å². The van der Waals surface area contributed by atoms with Gasteiger partial charge in [-0.1, -0.05) is 42.5 Å². The van der Waals surface area contributed by atoms with Crippen LogP contribution in [0, 0.1) is 0 Å². The van der Waals surface area contributed by atoms with Crippen molar-refractivity contribution in [3.8, 4) is 0 Å². The lowest BCUT2D eigenvalue weighted by Crippen LogP contribution is -2.13. The standard InChI is InChI=1S/C16H16N2O3S/c17-16(19)12-14-6-8-15(9-7-14)18-22(20,21)11-10-13-4-2-1-3-5-13/h1-11,18H,12H2,(H2,17,19)/b11-10+. The molecular weight excluding hydrogens is 300 g/mol. The lowest BCUT2D eigenvalue weighted by molar-refractivity contribution is -0.117. The highest BCUT2D eigenvalue weighted by molar-refractivity contribution is 7.95. The number of benzene rings is 2. The summed E-state index contributed by atoms with van der Waals surface area (Å²) in [4.78, 5) is 10.8. The van der Waals surface area contributed by atoms with Crippen LogP contribution in [-0.2, 0) is 21.2 Å². The van der Waals surface area contributed by atoms with Crippen molar-refractivity contribution in [1.29, 1.82) is 0 Å². The lowest BCUT2D eigenvalue weighted by atomic mass is 10.1. The fraction of sp³-hybridized carbons (Fsp3) is 0.0625.